The van der Waals surface area contributed by atoms with Crippen molar-refractivity contribution in [3.8, 4) is 0 Å². The number of hydrogen-bond donors (Lipinski definition) is 2. The van der Waals surface area contributed by atoms with E-state index >= 15 is 0 Å². The van der Waals surface area contributed by atoms with Crippen molar-refractivity contribution in [3.63, 3.8) is 0 Å². The number of likely N-dealkylation sites (tertiary alicyclic amines) is 1. The van der Waals surface area contributed by atoms with Gasteiger partial charge in [0.25, 0.3) is 5.91 Å². The number of amides is 2. The Hall–Kier alpha value is -1.18. The summed E-state index contributed by atoms with van der Waals surface area (Å²) in [6, 6.07) is 0. The fourth-order valence-electron chi connectivity index (χ4n) is 4.16. The van der Waals surface area contributed by atoms with Crippen molar-refractivity contribution in [2.75, 3.05) is 6.54 Å². The van der Waals surface area contributed by atoms with Crippen LogP contribution in [0.3, 0.4) is 0 Å². The molecule has 0 radical (unpaired) electrons. The number of nitrogens with one attached hydrogen (secondary N) is 1. The fourth-order valence-corrected chi connectivity index (χ4v) is 4.16. The Morgan fingerprint density at radius 1 is 1.33 bits per heavy atom. The Morgan fingerprint density at radius 2 is 2.05 bits per heavy atom. The minimum absolute atomic E-state index is 0.144. The highest BCUT2D eigenvalue weighted by atomic mass is 16.7. The monoisotopic (exact) mass is 296 g/mol. The largest absolute Gasteiger partial charge is 0.373 e. The fraction of sp³-hybridized carbons (Fsp3) is 0.857. The molecule has 0 spiro atoms. The van der Waals surface area contributed by atoms with Crippen molar-refractivity contribution in [3.05, 3.63) is 0 Å². The third-order valence-corrected chi connectivity index (χ3v) is 4.93. The molecule has 0 aromatic carbocycles. The van der Waals surface area contributed by atoms with Gasteiger partial charge in [-0.3, -0.25) is 9.59 Å². The number of aliphatic hydroxyl groups is 1. The van der Waals surface area contributed by atoms with Crippen LogP contribution in [0.4, 0.5) is 0 Å². The molecule has 2 N–H and O–H groups in total. The van der Waals surface area contributed by atoms with Gasteiger partial charge in [0, 0.05) is 25.7 Å². The third-order valence-electron chi connectivity index (χ3n) is 4.93. The van der Waals surface area contributed by atoms with Crippen LogP contribution in [0.2, 0.25) is 0 Å². The molecule has 4 bridgehead atoms. The zero-order chi connectivity index (χ0) is 14.6. The molecule has 1 aliphatic carbocycles. The normalized spacial score (nSPS) is 44.4. The van der Waals surface area contributed by atoms with Crippen LogP contribution in [0, 0.1) is 5.92 Å². The standard InChI is InChI=1S/C14H20N2O5/c17-11(7-16-12(18)1-2-13(16)19)15-14-6-8-3-9(20-14)5-10(4-8)21-14/h8-10,12,18H,1-7H2,(H,15,17)/t8-,9-,10+,12?,14+. The number of hydrogen-bond acceptors (Lipinski definition) is 5. The molecular weight excluding hydrogens is 276 g/mol. The Balaban J connectivity index is 1.41. The van der Waals surface area contributed by atoms with Gasteiger partial charge in [-0.2, -0.15) is 0 Å². The van der Waals surface area contributed by atoms with Gasteiger partial charge in [-0.25, -0.2) is 0 Å². The minimum atomic E-state index is -1.01. The number of carbonyl (C=O) groups is 2. The predicted octanol–water partition coefficient (Wildman–Crippen LogP) is -0.315. The molecule has 4 saturated heterocycles. The van der Waals surface area contributed by atoms with Crippen LogP contribution in [0.1, 0.15) is 38.5 Å². The Labute approximate surface area is 122 Å². The Bertz CT molecular complexity index is 445. The van der Waals surface area contributed by atoms with Crippen LogP contribution in [-0.4, -0.2) is 52.7 Å². The van der Waals surface area contributed by atoms with Crippen LogP contribution < -0.4 is 5.32 Å². The second-order valence-corrected chi connectivity index (χ2v) is 6.60. The van der Waals surface area contributed by atoms with E-state index in [9.17, 15) is 14.7 Å². The molecule has 1 unspecified atom stereocenters. The molecule has 0 aromatic heterocycles. The quantitative estimate of drug-likeness (QED) is 0.745. The predicted molar refractivity (Wildman–Crippen MR) is 69.5 cm³/mol. The lowest BCUT2D eigenvalue weighted by Crippen LogP contribution is -2.67. The average Bonchev–Trinajstić information content (AvgIpc) is 2.68. The second-order valence-electron chi connectivity index (χ2n) is 6.60. The molecule has 2 amide bonds. The number of rotatable bonds is 3. The molecule has 116 valence electrons. The number of ether oxygens (including phenoxy) is 2. The van der Waals surface area contributed by atoms with Crippen molar-refractivity contribution < 1.29 is 24.2 Å². The molecule has 7 heteroatoms. The van der Waals surface area contributed by atoms with Crippen molar-refractivity contribution >= 4 is 11.8 Å². The van der Waals surface area contributed by atoms with Crippen molar-refractivity contribution in [2.24, 2.45) is 5.92 Å². The third kappa shape index (κ3) is 2.33. The summed E-state index contributed by atoms with van der Waals surface area (Å²) >= 11 is 0. The van der Waals surface area contributed by atoms with Crippen LogP contribution >= 0.6 is 0 Å². The van der Waals surface area contributed by atoms with Gasteiger partial charge in [0.15, 0.2) is 0 Å². The van der Waals surface area contributed by atoms with E-state index in [2.05, 4.69) is 5.32 Å². The molecular formula is C14H20N2O5. The van der Waals surface area contributed by atoms with Gasteiger partial charge < -0.3 is 24.8 Å². The zero-order valence-corrected chi connectivity index (χ0v) is 11.8. The lowest BCUT2D eigenvalue weighted by molar-refractivity contribution is -0.380. The summed E-state index contributed by atoms with van der Waals surface area (Å²) in [5.41, 5.74) is 0. The first kappa shape index (κ1) is 13.5. The van der Waals surface area contributed by atoms with Gasteiger partial charge in [0.1, 0.15) is 12.8 Å². The molecule has 5 atom stereocenters. The number of nitrogens with zero attached hydrogens (tertiary/aromatic N) is 1. The Kier molecular flexibility index (Phi) is 2.99. The average molecular weight is 296 g/mol. The van der Waals surface area contributed by atoms with Crippen LogP contribution in [0.5, 0.6) is 0 Å². The van der Waals surface area contributed by atoms with Gasteiger partial charge in [0.05, 0.1) is 12.2 Å². The molecule has 5 aliphatic rings. The molecule has 4 aliphatic heterocycles. The Morgan fingerprint density at radius 3 is 2.62 bits per heavy atom. The summed E-state index contributed by atoms with van der Waals surface area (Å²) in [6.07, 6.45) is 3.80. The van der Waals surface area contributed by atoms with E-state index in [4.69, 9.17) is 9.47 Å². The van der Waals surface area contributed by atoms with Crippen LogP contribution in [-0.2, 0) is 19.1 Å². The lowest BCUT2D eigenvalue weighted by atomic mass is 9.77. The SMILES string of the molecule is O=C(CN1C(=O)CCC1O)N[C@]12C[C@@H]3C[C@H](C[C@H](C3)O1)O2. The summed E-state index contributed by atoms with van der Waals surface area (Å²) in [6.45, 7) is -0.144. The van der Waals surface area contributed by atoms with Gasteiger partial charge >= 0.3 is 0 Å². The van der Waals surface area contributed by atoms with Crippen molar-refractivity contribution in [1.29, 1.82) is 0 Å². The van der Waals surface area contributed by atoms with Crippen LogP contribution in [0.25, 0.3) is 0 Å². The summed E-state index contributed by atoms with van der Waals surface area (Å²) in [5, 5.41) is 12.5. The highest BCUT2D eigenvalue weighted by Crippen LogP contribution is 2.47. The highest BCUT2D eigenvalue weighted by molar-refractivity contribution is 5.86. The minimum Gasteiger partial charge on any atom is -0.373 e. The van der Waals surface area contributed by atoms with Gasteiger partial charge in [-0.15, -0.1) is 0 Å². The molecule has 1 saturated carbocycles. The van der Waals surface area contributed by atoms with E-state index in [-0.39, 0.29) is 30.6 Å². The zero-order valence-electron chi connectivity index (χ0n) is 11.8. The molecule has 4 heterocycles. The topological polar surface area (TPSA) is 88.1 Å². The van der Waals surface area contributed by atoms with E-state index in [1.54, 1.807) is 0 Å². The summed E-state index contributed by atoms with van der Waals surface area (Å²) in [4.78, 5) is 25.0. The van der Waals surface area contributed by atoms with E-state index in [1.807, 2.05) is 0 Å². The molecule has 7 nitrogen and oxygen atoms in total. The maximum atomic E-state index is 12.2. The summed E-state index contributed by atoms with van der Waals surface area (Å²) < 4.78 is 11.8. The van der Waals surface area contributed by atoms with Gasteiger partial charge in [-0.05, 0) is 18.8 Å². The number of aliphatic hydroxyl groups excluding tert-OH is 1. The van der Waals surface area contributed by atoms with Crippen molar-refractivity contribution in [2.45, 2.75) is 62.9 Å². The van der Waals surface area contributed by atoms with Crippen LogP contribution in [0.15, 0.2) is 0 Å². The van der Waals surface area contributed by atoms with E-state index in [0.29, 0.717) is 25.2 Å². The van der Waals surface area contributed by atoms with E-state index in [0.717, 1.165) is 19.3 Å². The lowest BCUT2D eigenvalue weighted by Gasteiger charge is -2.55. The van der Waals surface area contributed by atoms with Crippen molar-refractivity contribution in [1.82, 2.24) is 10.2 Å². The molecule has 21 heavy (non-hydrogen) atoms. The first-order valence-corrected chi connectivity index (χ1v) is 7.67. The van der Waals surface area contributed by atoms with Gasteiger partial charge in [-0.1, -0.05) is 0 Å². The second kappa shape index (κ2) is 4.66. The first-order valence-electron chi connectivity index (χ1n) is 7.67. The van der Waals surface area contributed by atoms with Gasteiger partial charge in [0.2, 0.25) is 11.8 Å². The maximum Gasteiger partial charge on any atom is 0.252 e. The number of carbonyl (C=O) groups excluding carboxylic acids is 2. The smallest absolute Gasteiger partial charge is 0.252 e. The summed E-state index contributed by atoms with van der Waals surface area (Å²) in [5.74, 6) is -1.01. The molecule has 5 rings (SSSR count). The van der Waals surface area contributed by atoms with E-state index < -0.39 is 12.1 Å². The van der Waals surface area contributed by atoms with E-state index in [1.165, 1.54) is 4.90 Å². The summed E-state index contributed by atoms with van der Waals surface area (Å²) in [7, 11) is 0. The molecule has 5 fully saturated rings. The maximum absolute atomic E-state index is 12.2. The molecule has 0 aromatic rings. The first-order chi connectivity index (χ1) is 10.0. The highest BCUT2D eigenvalue weighted by Gasteiger charge is 2.54.